The largest absolute Gasteiger partial charge is 0.430 e. The van der Waals surface area contributed by atoms with Gasteiger partial charge in [0.15, 0.2) is 0 Å². The molecule has 1 heterocycles. The van der Waals surface area contributed by atoms with Gasteiger partial charge in [-0.2, -0.15) is 0 Å². The number of amides is 1. The number of fused-ring (bicyclic) bond motifs is 1. The van der Waals surface area contributed by atoms with E-state index in [1.54, 1.807) is 32.0 Å². The highest BCUT2D eigenvalue weighted by Crippen LogP contribution is 2.29. The van der Waals surface area contributed by atoms with Crippen molar-refractivity contribution in [1.29, 1.82) is 0 Å². The van der Waals surface area contributed by atoms with Gasteiger partial charge < -0.3 is 10.1 Å². The molecule has 0 aliphatic carbocycles. The molecule has 1 unspecified atom stereocenters. The summed E-state index contributed by atoms with van der Waals surface area (Å²) >= 11 is 6.22. The number of benzene rings is 3. The van der Waals surface area contributed by atoms with E-state index in [-0.39, 0.29) is 0 Å². The lowest BCUT2D eigenvalue weighted by Gasteiger charge is -2.24. The Labute approximate surface area is 192 Å². The van der Waals surface area contributed by atoms with Crippen molar-refractivity contribution in [3.8, 4) is 0 Å². The summed E-state index contributed by atoms with van der Waals surface area (Å²) < 4.78 is 5.66. The van der Waals surface area contributed by atoms with Crippen LogP contribution < -0.4 is 5.32 Å². The van der Waals surface area contributed by atoms with Crippen molar-refractivity contribution in [2.75, 3.05) is 5.32 Å². The molecule has 32 heavy (non-hydrogen) atoms. The number of benzodiazepines with no additional fused rings is 1. The third kappa shape index (κ3) is 4.73. The van der Waals surface area contributed by atoms with Gasteiger partial charge in [0, 0.05) is 16.1 Å². The van der Waals surface area contributed by atoms with Crippen LogP contribution in [0.25, 0.3) is 0 Å². The summed E-state index contributed by atoms with van der Waals surface area (Å²) in [6, 6.07) is 24.3. The van der Waals surface area contributed by atoms with Gasteiger partial charge in [0.25, 0.3) is 12.1 Å². The predicted molar refractivity (Wildman–Crippen MR) is 126 cm³/mol. The number of nitrogens with zero attached hydrogens (tertiary/aromatic N) is 1. The zero-order valence-corrected chi connectivity index (χ0v) is 18.6. The lowest BCUT2D eigenvalue weighted by Crippen LogP contribution is -2.37. The number of nitrogens with one attached hydrogen (secondary N) is 1. The Hall–Kier alpha value is -3.44. The highest BCUT2D eigenvalue weighted by molar-refractivity contribution is 6.32. The average molecular weight is 447 g/mol. The van der Waals surface area contributed by atoms with Crippen molar-refractivity contribution in [3.63, 3.8) is 0 Å². The van der Waals surface area contributed by atoms with Crippen LogP contribution in [0.2, 0.25) is 5.02 Å². The minimum atomic E-state index is -1.32. The molecule has 1 aliphatic rings. The second-order valence-electron chi connectivity index (χ2n) is 8.33. The molecule has 6 heteroatoms. The van der Waals surface area contributed by atoms with Gasteiger partial charge >= 0.3 is 5.97 Å². The maximum absolute atomic E-state index is 13.1. The Morgan fingerprint density at radius 2 is 1.69 bits per heavy atom. The molecule has 1 atom stereocenters. The van der Waals surface area contributed by atoms with Gasteiger partial charge in [-0.3, -0.25) is 9.59 Å². The van der Waals surface area contributed by atoms with Gasteiger partial charge in [0.05, 0.1) is 16.8 Å². The third-order valence-corrected chi connectivity index (χ3v) is 5.51. The van der Waals surface area contributed by atoms with Crippen molar-refractivity contribution in [2.45, 2.75) is 26.5 Å². The number of aliphatic imine (C=N–C) groups is 1. The Kier molecular flexibility index (Phi) is 6.10. The average Bonchev–Trinajstić information content (AvgIpc) is 2.91. The molecule has 162 valence electrons. The molecule has 0 aromatic heterocycles. The van der Waals surface area contributed by atoms with Gasteiger partial charge in [-0.25, -0.2) is 4.99 Å². The second kappa shape index (κ2) is 8.97. The van der Waals surface area contributed by atoms with Crippen LogP contribution in [0.1, 0.15) is 30.5 Å². The van der Waals surface area contributed by atoms with E-state index in [2.05, 4.69) is 10.3 Å². The zero-order valence-electron chi connectivity index (χ0n) is 17.8. The highest BCUT2D eigenvalue weighted by Gasteiger charge is 2.35. The Morgan fingerprint density at radius 3 is 2.38 bits per heavy atom. The van der Waals surface area contributed by atoms with E-state index in [0.29, 0.717) is 28.4 Å². The van der Waals surface area contributed by atoms with E-state index in [9.17, 15) is 9.59 Å². The molecular weight excluding hydrogens is 424 g/mol. The number of rotatable bonds is 5. The number of hydrogen-bond acceptors (Lipinski definition) is 4. The first-order valence-electron chi connectivity index (χ1n) is 10.3. The fourth-order valence-electron chi connectivity index (χ4n) is 3.61. The van der Waals surface area contributed by atoms with Gasteiger partial charge in [-0.05, 0) is 44.0 Å². The Morgan fingerprint density at radius 1 is 1.03 bits per heavy atom. The molecule has 0 radical (unpaired) electrons. The third-order valence-electron chi connectivity index (χ3n) is 5.27. The zero-order chi connectivity index (χ0) is 22.7. The standard InChI is InChI=1S/C26H23ClN2O3/c1-26(2,16-17-9-5-3-6-10-17)25(31)32-24-23(30)28-21-14-13-19(27)15-20(21)22(29-24)18-11-7-4-8-12-18/h3-15,24H,16H2,1-2H3,(H,28,30). The summed E-state index contributed by atoms with van der Waals surface area (Å²) in [5.41, 5.74) is 2.71. The van der Waals surface area contributed by atoms with Crippen LogP contribution >= 0.6 is 11.6 Å². The fraction of sp³-hybridized carbons (Fsp3) is 0.192. The molecule has 4 rings (SSSR count). The monoisotopic (exact) mass is 446 g/mol. The summed E-state index contributed by atoms with van der Waals surface area (Å²) in [5, 5.41) is 3.33. The summed E-state index contributed by atoms with van der Waals surface area (Å²) in [7, 11) is 0. The molecule has 1 amide bonds. The molecule has 0 spiro atoms. The maximum Gasteiger partial charge on any atom is 0.314 e. The number of carbonyl (C=O) groups excluding carboxylic acids is 2. The summed E-state index contributed by atoms with van der Waals surface area (Å²) in [5.74, 6) is -1.01. The molecule has 1 N–H and O–H groups in total. The molecule has 0 bridgehead atoms. The molecule has 3 aromatic rings. The first kappa shape index (κ1) is 21.8. The summed E-state index contributed by atoms with van der Waals surface area (Å²) in [6.07, 6.45) is -0.842. The lowest BCUT2D eigenvalue weighted by atomic mass is 9.86. The van der Waals surface area contributed by atoms with Crippen LogP contribution in [0.3, 0.4) is 0 Å². The minimum absolute atomic E-state index is 0.478. The number of halogens is 1. The molecule has 5 nitrogen and oxygen atoms in total. The van der Waals surface area contributed by atoms with Gasteiger partial charge in [-0.1, -0.05) is 72.3 Å². The first-order chi connectivity index (χ1) is 15.3. The van der Waals surface area contributed by atoms with E-state index >= 15 is 0 Å². The van der Waals surface area contributed by atoms with Crippen LogP contribution in [-0.2, 0) is 20.7 Å². The number of hydrogen-bond donors (Lipinski definition) is 1. The topological polar surface area (TPSA) is 67.8 Å². The molecule has 1 aliphatic heterocycles. The highest BCUT2D eigenvalue weighted by atomic mass is 35.5. The summed E-state index contributed by atoms with van der Waals surface area (Å²) in [6.45, 7) is 3.60. The lowest BCUT2D eigenvalue weighted by molar-refractivity contribution is -0.162. The number of anilines is 1. The van der Waals surface area contributed by atoms with E-state index in [4.69, 9.17) is 16.3 Å². The first-order valence-corrected chi connectivity index (χ1v) is 10.7. The number of ether oxygens (including phenoxy) is 1. The predicted octanol–water partition coefficient (Wildman–Crippen LogP) is 5.27. The van der Waals surface area contributed by atoms with E-state index in [1.165, 1.54) is 0 Å². The van der Waals surface area contributed by atoms with Crippen molar-refractivity contribution >= 4 is 34.9 Å². The second-order valence-corrected chi connectivity index (χ2v) is 8.76. The molecule has 0 saturated carbocycles. The van der Waals surface area contributed by atoms with E-state index in [0.717, 1.165) is 11.1 Å². The fourth-order valence-corrected chi connectivity index (χ4v) is 3.78. The maximum atomic E-state index is 13.1. The molecule has 3 aromatic carbocycles. The van der Waals surface area contributed by atoms with Crippen molar-refractivity contribution in [3.05, 3.63) is 101 Å². The van der Waals surface area contributed by atoms with Gasteiger partial charge in [-0.15, -0.1) is 0 Å². The Balaban J connectivity index is 1.67. The number of esters is 1. The Bertz CT molecular complexity index is 1170. The van der Waals surface area contributed by atoms with Crippen LogP contribution in [0.4, 0.5) is 5.69 Å². The molecule has 0 saturated heterocycles. The summed E-state index contributed by atoms with van der Waals surface area (Å²) in [4.78, 5) is 30.6. The van der Waals surface area contributed by atoms with E-state index < -0.39 is 23.5 Å². The van der Waals surface area contributed by atoms with Gasteiger partial charge in [0.1, 0.15) is 0 Å². The van der Waals surface area contributed by atoms with Crippen molar-refractivity contribution in [1.82, 2.24) is 0 Å². The molecule has 0 fully saturated rings. The quantitative estimate of drug-likeness (QED) is 0.543. The number of carbonyl (C=O) groups is 2. The smallest absolute Gasteiger partial charge is 0.314 e. The normalized spacial score (nSPS) is 15.8. The van der Waals surface area contributed by atoms with Crippen LogP contribution in [0.5, 0.6) is 0 Å². The van der Waals surface area contributed by atoms with Crippen LogP contribution in [0.15, 0.2) is 83.9 Å². The SMILES string of the molecule is CC(C)(Cc1ccccc1)C(=O)OC1N=C(c2ccccc2)c2cc(Cl)ccc2NC1=O. The van der Waals surface area contributed by atoms with E-state index in [1.807, 2.05) is 60.7 Å². The van der Waals surface area contributed by atoms with Crippen molar-refractivity contribution in [2.24, 2.45) is 10.4 Å². The van der Waals surface area contributed by atoms with Crippen LogP contribution in [-0.4, -0.2) is 23.8 Å². The molecular formula is C26H23ClN2O3. The van der Waals surface area contributed by atoms with Crippen LogP contribution in [0, 0.1) is 5.41 Å². The van der Waals surface area contributed by atoms with Gasteiger partial charge in [0.2, 0.25) is 0 Å². The van der Waals surface area contributed by atoms with Crippen molar-refractivity contribution < 1.29 is 14.3 Å². The minimum Gasteiger partial charge on any atom is -0.430 e.